The molecular weight excluding hydrogens is 961 g/mol. The summed E-state index contributed by atoms with van der Waals surface area (Å²) in [6.45, 7) is 6.68. The van der Waals surface area contributed by atoms with Crippen molar-refractivity contribution in [2.24, 2.45) is 0 Å². The molecule has 0 bridgehead atoms. The van der Waals surface area contributed by atoms with Gasteiger partial charge in [-0.25, -0.2) is 0 Å². The number of ether oxygens (including phenoxy) is 3. The topological polar surface area (TPSA) is 78.9 Å². The molecule has 0 aromatic heterocycles. The second kappa shape index (κ2) is 67.1. The van der Waals surface area contributed by atoms with Crippen LogP contribution in [-0.2, 0) is 28.6 Å². The van der Waals surface area contributed by atoms with Crippen molar-refractivity contribution in [2.45, 2.75) is 393 Å². The highest BCUT2D eigenvalue weighted by Crippen LogP contribution is 2.18. The molecule has 1 unspecified atom stereocenters. The lowest BCUT2D eigenvalue weighted by Gasteiger charge is -2.18. The summed E-state index contributed by atoms with van der Waals surface area (Å²) >= 11 is 0. The molecule has 0 fully saturated rings. The molecule has 0 saturated carbocycles. The molecule has 0 rings (SSSR count). The van der Waals surface area contributed by atoms with Crippen LogP contribution in [0.3, 0.4) is 0 Å². The van der Waals surface area contributed by atoms with E-state index in [1.807, 2.05) is 0 Å². The first-order valence-corrected chi connectivity index (χ1v) is 35.0. The van der Waals surface area contributed by atoms with E-state index in [0.717, 1.165) is 70.6 Å². The van der Waals surface area contributed by atoms with Gasteiger partial charge in [0.1, 0.15) is 13.2 Å². The lowest BCUT2D eigenvalue weighted by molar-refractivity contribution is -0.167. The largest absolute Gasteiger partial charge is 0.462 e. The number of carbonyl (C=O) groups is 3. The van der Waals surface area contributed by atoms with Crippen LogP contribution in [0.15, 0.2) is 36.5 Å². The average Bonchev–Trinajstić information content (AvgIpc) is 3.44. The molecule has 0 aliphatic heterocycles. The predicted octanol–water partition coefficient (Wildman–Crippen LogP) is 23.9. The van der Waals surface area contributed by atoms with E-state index in [-0.39, 0.29) is 31.1 Å². The van der Waals surface area contributed by atoms with E-state index in [1.165, 1.54) is 276 Å². The van der Waals surface area contributed by atoms with Crippen molar-refractivity contribution in [3.8, 4) is 0 Å². The van der Waals surface area contributed by atoms with Gasteiger partial charge in [-0.15, -0.1) is 0 Å². The van der Waals surface area contributed by atoms with Gasteiger partial charge in [0.2, 0.25) is 0 Å². The molecule has 0 amide bonds. The van der Waals surface area contributed by atoms with Crippen LogP contribution in [0.4, 0.5) is 0 Å². The Bertz CT molecular complexity index is 1300. The second-order valence-corrected chi connectivity index (χ2v) is 23.8. The third-order valence-corrected chi connectivity index (χ3v) is 15.9. The molecule has 78 heavy (non-hydrogen) atoms. The maximum atomic E-state index is 12.9. The monoisotopic (exact) mass is 1100 g/mol. The van der Waals surface area contributed by atoms with Gasteiger partial charge in [-0.2, -0.15) is 0 Å². The Morgan fingerprint density at radius 3 is 0.731 bits per heavy atom. The van der Waals surface area contributed by atoms with E-state index < -0.39 is 6.10 Å². The number of rotatable bonds is 65. The highest BCUT2D eigenvalue weighted by molar-refractivity contribution is 5.71. The summed E-state index contributed by atoms with van der Waals surface area (Å²) in [7, 11) is 0. The first-order chi connectivity index (χ1) is 38.5. The Balaban J connectivity index is 4.24. The van der Waals surface area contributed by atoms with Crippen LogP contribution in [0.1, 0.15) is 387 Å². The Morgan fingerprint density at radius 2 is 0.462 bits per heavy atom. The molecule has 1 atom stereocenters. The normalized spacial score (nSPS) is 12.2. The number of carbonyl (C=O) groups excluding carboxylic acids is 3. The van der Waals surface area contributed by atoms with E-state index >= 15 is 0 Å². The minimum absolute atomic E-state index is 0.0707. The van der Waals surface area contributed by atoms with Gasteiger partial charge in [-0.05, 0) is 77.0 Å². The Hall–Kier alpha value is -2.37. The van der Waals surface area contributed by atoms with Crippen molar-refractivity contribution < 1.29 is 28.6 Å². The second-order valence-electron chi connectivity index (χ2n) is 23.8. The van der Waals surface area contributed by atoms with Gasteiger partial charge in [0.05, 0.1) is 0 Å². The first kappa shape index (κ1) is 75.6. The van der Waals surface area contributed by atoms with Crippen LogP contribution < -0.4 is 0 Å². The Morgan fingerprint density at radius 1 is 0.256 bits per heavy atom. The SMILES string of the molecule is CCCCCC/C=C\CCCCCCCC(=O)OCC(COC(=O)CCCCCCCCCCCCCCCCCCCCCCCCCC)OC(=O)CCCCCCCCCCCCC/C=C\C/C=C\CCCCCCC. The molecule has 0 saturated heterocycles. The van der Waals surface area contributed by atoms with E-state index in [0.29, 0.717) is 19.3 Å². The van der Waals surface area contributed by atoms with E-state index in [2.05, 4.69) is 57.2 Å². The number of hydrogen-bond donors (Lipinski definition) is 0. The fraction of sp³-hybridized carbons (Fsp3) is 0.875. The molecule has 0 aromatic carbocycles. The minimum Gasteiger partial charge on any atom is -0.462 e. The minimum atomic E-state index is -0.775. The molecule has 0 aliphatic carbocycles. The van der Waals surface area contributed by atoms with Gasteiger partial charge in [-0.1, -0.05) is 327 Å². The molecule has 458 valence electrons. The van der Waals surface area contributed by atoms with Gasteiger partial charge in [-0.3, -0.25) is 14.4 Å². The number of unbranched alkanes of at least 4 members (excludes halogenated alkanes) is 48. The van der Waals surface area contributed by atoms with Crippen LogP contribution in [0.2, 0.25) is 0 Å². The van der Waals surface area contributed by atoms with Crippen molar-refractivity contribution in [3.05, 3.63) is 36.5 Å². The first-order valence-electron chi connectivity index (χ1n) is 35.0. The summed E-state index contributed by atoms with van der Waals surface area (Å²) in [5, 5.41) is 0. The Labute approximate surface area is 486 Å². The van der Waals surface area contributed by atoms with Gasteiger partial charge in [0.25, 0.3) is 0 Å². The lowest BCUT2D eigenvalue weighted by atomic mass is 10.0. The molecular formula is C72H134O6. The predicted molar refractivity (Wildman–Crippen MR) is 339 cm³/mol. The van der Waals surface area contributed by atoms with E-state index in [4.69, 9.17) is 14.2 Å². The molecule has 0 heterocycles. The van der Waals surface area contributed by atoms with Crippen molar-refractivity contribution >= 4 is 17.9 Å². The van der Waals surface area contributed by atoms with E-state index in [9.17, 15) is 14.4 Å². The molecule has 6 heteroatoms. The van der Waals surface area contributed by atoms with Crippen molar-refractivity contribution in [3.63, 3.8) is 0 Å². The molecule has 0 radical (unpaired) electrons. The standard InChI is InChI=1S/C72H134O6/c1-4-7-10-13-16-19-22-25-27-29-31-33-35-37-38-40-42-44-47-50-53-56-59-62-65-71(74)77-68-69(67-76-70(73)64-61-58-55-52-49-46-24-21-18-15-12-9-6-3)78-72(75)66-63-60-57-54-51-48-45-43-41-39-36-34-32-30-28-26-23-20-17-14-11-8-5-2/h21,23-24,26,30,32,69H,4-20,22,25,27-29,31,33-68H2,1-3H3/b24-21-,26-23-,32-30-. The van der Waals surface area contributed by atoms with Gasteiger partial charge in [0, 0.05) is 19.3 Å². The molecule has 0 spiro atoms. The van der Waals surface area contributed by atoms with Gasteiger partial charge >= 0.3 is 17.9 Å². The van der Waals surface area contributed by atoms with Crippen molar-refractivity contribution in [2.75, 3.05) is 13.2 Å². The highest BCUT2D eigenvalue weighted by atomic mass is 16.6. The fourth-order valence-corrected chi connectivity index (χ4v) is 10.6. The maximum absolute atomic E-state index is 12.9. The molecule has 0 N–H and O–H groups in total. The number of esters is 3. The molecule has 0 aromatic rings. The van der Waals surface area contributed by atoms with Crippen LogP contribution in [0.5, 0.6) is 0 Å². The van der Waals surface area contributed by atoms with Crippen LogP contribution >= 0.6 is 0 Å². The zero-order chi connectivity index (χ0) is 56.4. The van der Waals surface area contributed by atoms with Crippen LogP contribution in [0, 0.1) is 0 Å². The zero-order valence-corrected chi connectivity index (χ0v) is 52.7. The summed E-state index contributed by atoms with van der Waals surface area (Å²) in [5.41, 5.74) is 0. The third kappa shape index (κ3) is 64.5. The lowest BCUT2D eigenvalue weighted by Crippen LogP contribution is -2.30. The fourth-order valence-electron chi connectivity index (χ4n) is 10.6. The van der Waals surface area contributed by atoms with Gasteiger partial charge in [0.15, 0.2) is 6.10 Å². The quantitative estimate of drug-likeness (QED) is 0.0261. The van der Waals surface area contributed by atoms with Crippen LogP contribution in [-0.4, -0.2) is 37.2 Å². The van der Waals surface area contributed by atoms with Gasteiger partial charge < -0.3 is 14.2 Å². The molecule has 6 nitrogen and oxygen atoms in total. The number of allylic oxidation sites excluding steroid dienone is 6. The summed E-state index contributed by atoms with van der Waals surface area (Å²) in [5.74, 6) is -0.855. The Kier molecular flexibility index (Phi) is 65.1. The van der Waals surface area contributed by atoms with Crippen LogP contribution in [0.25, 0.3) is 0 Å². The third-order valence-electron chi connectivity index (χ3n) is 15.9. The van der Waals surface area contributed by atoms with Crippen molar-refractivity contribution in [1.29, 1.82) is 0 Å². The highest BCUT2D eigenvalue weighted by Gasteiger charge is 2.19. The smallest absolute Gasteiger partial charge is 0.306 e. The molecule has 0 aliphatic rings. The maximum Gasteiger partial charge on any atom is 0.306 e. The van der Waals surface area contributed by atoms with E-state index in [1.54, 1.807) is 0 Å². The summed E-state index contributed by atoms with van der Waals surface area (Å²) in [6.07, 6.45) is 83.1. The summed E-state index contributed by atoms with van der Waals surface area (Å²) in [4.78, 5) is 38.4. The average molecular weight is 1100 g/mol. The summed E-state index contributed by atoms with van der Waals surface area (Å²) < 4.78 is 17.0. The zero-order valence-electron chi connectivity index (χ0n) is 52.7. The summed E-state index contributed by atoms with van der Waals surface area (Å²) in [6, 6.07) is 0. The number of hydrogen-bond acceptors (Lipinski definition) is 6. The van der Waals surface area contributed by atoms with Crippen molar-refractivity contribution in [1.82, 2.24) is 0 Å².